The van der Waals surface area contributed by atoms with E-state index >= 15 is 0 Å². The van der Waals surface area contributed by atoms with Crippen LogP contribution in [0.2, 0.25) is 0 Å². The fourth-order valence-electron chi connectivity index (χ4n) is 3.29. The molecule has 0 fully saturated rings. The first-order chi connectivity index (χ1) is 15.6. The summed E-state index contributed by atoms with van der Waals surface area (Å²) in [6.07, 6.45) is 1.52. The molecule has 0 bridgehead atoms. The lowest BCUT2D eigenvalue weighted by molar-refractivity contribution is 0.0957. The number of carbonyl (C=O) groups is 2. The van der Waals surface area contributed by atoms with Gasteiger partial charge in [0.1, 0.15) is 22.9 Å². The fraction of sp³-hybridized carbons (Fsp3) is 0.0800. The van der Waals surface area contributed by atoms with Crippen molar-refractivity contribution in [2.24, 2.45) is 0 Å². The second-order valence-electron chi connectivity index (χ2n) is 6.93. The number of nitrogens with zero attached hydrogens (tertiary/aromatic N) is 1. The second-order valence-corrected chi connectivity index (χ2v) is 6.93. The third-order valence-electron chi connectivity index (χ3n) is 4.85. The van der Waals surface area contributed by atoms with E-state index in [-0.39, 0.29) is 17.5 Å². The quantitative estimate of drug-likeness (QED) is 0.468. The number of aromatic nitrogens is 1. The molecular weight excluding hydrogens is 406 g/mol. The van der Waals surface area contributed by atoms with Crippen molar-refractivity contribution in [2.45, 2.75) is 0 Å². The summed E-state index contributed by atoms with van der Waals surface area (Å²) in [4.78, 5) is 28.7. The van der Waals surface area contributed by atoms with E-state index in [1.165, 1.54) is 6.20 Å². The molecule has 7 nitrogen and oxygen atoms in total. The van der Waals surface area contributed by atoms with Gasteiger partial charge in [-0.1, -0.05) is 18.2 Å². The van der Waals surface area contributed by atoms with Gasteiger partial charge in [-0.05, 0) is 53.2 Å². The molecule has 0 radical (unpaired) electrons. The van der Waals surface area contributed by atoms with Crippen molar-refractivity contribution in [3.05, 3.63) is 90.3 Å². The van der Waals surface area contributed by atoms with Crippen molar-refractivity contribution in [2.75, 3.05) is 19.5 Å². The maximum Gasteiger partial charge on any atom is 0.269 e. The Labute approximate surface area is 185 Å². The summed E-state index contributed by atoms with van der Waals surface area (Å²) < 4.78 is 11.1. The summed E-state index contributed by atoms with van der Waals surface area (Å²) in [7, 11) is 3.12. The van der Waals surface area contributed by atoms with Crippen LogP contribution in [0, 0.1) is 0 Å². The third kappa shape index (κ3) is 4.52. The predicted molar refractivity (Wildman–Crippen MR) is 123 cm³/mol. The number of amides is 2. The van der Waals surface area contributed by atoms with Crippen LogP contribution in [0.3, 0.4) is 0 Å². The highest BCUT2D eigenvalue weighted by Crippen LogP contribution is 2.28. The van der Waals surface area contributed by atoms with E-state index in [0.29, 0.717) is 28.5 Å². The molecule has 2 amide bonds. The minimum absolute atomic E-state index is 0.220. The number of benzene rings is 3. The number of anilines is 1. The lowest BCUT2D eigenvalue weighted by atomic mass is 10.0. The Kier molecular flexibility index (Phi) is 5.98. The molecule has 2 N–H and O–H groups in total. The van der Waals surface area contributed by atoms with E-state index in [9.17, 15) is 9.59 Å². The Morgan fingerprint density at radius 3 is 2.47 bits per heavy atom. The molecule has 32 heavy (non-hydrogen) atoms. The SMILES string of the molecule is CNC(=O)c1cc(Oc2ccc3c(C(=O)Nc4cccc(OC)c4)cccc3c2)ccn1. The van der Waals surface area contributed by atoms with Crippen molar-refractivity contribution < 1.29 is 19.1 Å². The van der Waals surface area contributed by atoms with Crippen LogP contribution in [0.15, 0.2) is 79.0 Å². The number of pyridine rings is 1. The summed E-state index contributed by atoms with van der Waals surface area (Å²) >= 11 is 0. The van der Waals surface area contributed by atoms with Gasteiger partial charge in [0, 0.05) is 36.6 Å². The van der Waals surface area contributed by atoms with E-state index in [0.717, 1.165) is 10.8 Å². The smallest absolute Gasteiger partial charge is 0.269 e. The maximum atomic E-state index is 12.9. The van der Waals surface area contributed by atoms with Gasteiger partial charge in [0.15, 0.2) is 0 Å². The molecular formula is C25H21N3O4. The van der Waals surface area contributed by atoms with E-state index in [2.05, 4.69) is 15.6 Å². The fourth-order valence-corrected chi connectivity index (χ4v) is 3.29. The first kappa shape index (κ1) is 20.9. The van der Waals surface area contributed by atoms with Gasteiger partial charge in [0.2, 0.25) is 0 Å². The van der Waals surface area contributed by atoms with E-state index in [1.807, 2.05) is 36.4 Å². The lowest BCUT2D eigenvalue weighted by Gasteiger charge is -2.11. The molecule has 160 valence electrons. The molecule has 0 saturated heterocycles. The average molecular weight is 427 g/mol. The van der Waals surface area contributed by atoms with E-state index < -0.39 is 0 Å². The Morgan fingerprint density at radius 1 is 0.844 bits per heavy atom. The summed E-state index contributed by atoms with van der Waals surface area (Å²) in [5.74, 6) is 1.22. The number of hydrogen-bond acceptors (Lipinski definition) is 5. The monoisotopic (exact) mass is 427 g/mol. The normalized spacial score (nSPS) is 10.4. The standard InChI is InChI=1S/C25H21N3O4/c1-26-25(30)23-15-20(11-12-27-23)32-19-9-10-21-16(13-19)5-3-8-22(21)24(29)28-17-6-4-7-18(14-17)31-2/h3-15H,1-2H3,(H,26,30)(H,28,29). The van der Waals surface area contributed by atoms with Crippen molar-refractivity contribution in [3.8, 4) is 17.2 Å². The molecule has 3 aromatic carbocycles. The maximum absolute atomic E-state index is 12.9. The Balaban J connectivity index is 1.58. The summed E-state index contributed by atoms with van der Waals surface area (Å²) in [6.45, 7) is 0. The number of ether oxygens (including phenoxy) is 2. The van der Waals surface area contributed by atoms with Crippen molar-refractivity contribution >= 4 is 28.3 Å². The zero-order chi connectivity index (χ0) is 22.5. The molecule has 1 aromatic heterocycles. The van der Waals surface area contributed by atoms with Gasteiger partial charge in [0.05, 0.1) is 7.11 Å². The van der Waals surface area contributed by atoms with Crippen molar-refractivity contribution in [1.29, 1.82) is 0 Å². The number of hydrogen-bond donors (Lipinski definition) is 2. The summed E-state index contributed by atoms with van der Waals surface area (Å²) in [6, 6.07) is 21.4. The molecule has 1 heterocycles. The average Bonchev–Trinajstić information content (AvgIpc) is 2.83. The Bertz CT molecular complexity index is 1300. The molecule has 4 rings (SSSR count). The van der Waals surface area contributed by atoms with Crippen LogP contribution in [0.5, 0.6) is 17.2 Å². The highest BCUT2D eigenvalue weighted by atomic mass is 16.5. The zero-order valence-electron chi connectivity index (χ0n) is 17.6. The minimum Gasteiger partial charge on any atom is -0.497 e. The van der Waals surface area contributed by atoms with Gasteiger partial charge in [-0.2, -0.15) is 0 Å². The highest BCUT2D eigenvalue weighted by Gasteiger charge is 2.12. The van der Waals surface area contributed by atoms with Crippen molar-refractivity contribution in [3.63, 3.8) is 0 Å². The van der Waals surface area contributed by atoms with Crippen LogP contribution >= 0.6 is 0 Å². The second kappa shape index (κ2) is 9.18. The van der Waals surface area contributed by atoms with Crippen LogP contribution in [-0.4, -0.2) is 31.0 Å². The van der Waals surface area contributed by atoms with Gasteiger partial charge in [0.25, 0.3) is 11.8 Å². The minimum atomic E-state index is -0.291. The number of methoxy groups -OCH3 is 1. The van der Waals surface area contributed by atoms with Crippen LogP contribution < -0.4 is 20.1 Å². The van der Waals surface area contributed by atoms with Gasteiger partial charge >= 0.3 is 0 Å². The first-order valence-corrected chi connectivity index (χ1v) is 9.91. The third-order valence-corrected chi connectivity index (χ3v) is 4.85. The number of rotatable bonds is 6. The predicted octanol–water partition coefficient (Wildman–Crippen LogP) is 4.65. The van der Waals surface area contributed by atoms with Gasteiger partial charge in [-0.25, -0.2) is 0 Å². The number of nitrogens with one attached hydrogen (secondary N) is 2. The lowest BCUT2D eigenvalue weighted by Crippen LogP contribution is -2.18. The molecule has 0 aliphatic rings. The summed E-state index contributed by atoms with van der Waals surface area (Å²) in [5, 5.41) is 7.08. The topological polar surface area (TPSA) is 89.5 Å². The van der Waals surface area contributed by atoms with Gasteiger partial charge < -0.3 is 20.1 Å². The van der Waals surface area contributed by atoms with Gasteiger partial charge in [-0.15, -0.1) is 0 Å². The molecule has 4 aromatic rings. The van der Waals surface area contributed by atoms with E-state index in [1.54, 1.807) is 50.6 Å². The highest BCUT2D eigenvalue weighted by molar-refractivity contribution is 6.13. The molecule has 0 aliphatic heterocycles. The Hall–Kier alpha value is -4.39. The van der Waals surface area contributed by atoms with Gasteiger partial charge in [-0.3, -0.25) is 14.6 Å². The van der Waals surface area contributed by atoms with Crippen LogP contribution in [-0.2, 0) is 0 Å². The van der Waals surface area contributed by atoms with Crippen molar-refractivity contribution in [1.82, 2.24) is 10.3 Å². The molecule has 0 aliphatic carbocycles. The first-order valence-electron chi connectivity index (χ1n) is 9.91. The van der Waals surface area contributed by atoms with Crippen LogP contribution in [0.4, 0.5) is 5.69 Å². The molecule has 0 spiro atoms. The van der Waals surface area contributed by atoms with Crippen LogP contribution in [0.25, 0.3) is 10.8 Å². The number of fused-ring (bicyclic) bond motifs is 1. The molecule has 0 unspecified atom stereocenters. The van der Waals surface area contributed by atoms with Crippen LogP contribution in [0.1, 0.15) is 20.8 Å². The number of carbonyl (C=O) groups excluding carboxylic acids is 2. The Morgan fingerprint density at radius 2 is 1.66 bits per heavy atom. The molecule has 7 heteroatoms. The summed E-state index contributed by atoms with van der Waals surface area (Å²) in [5.41, 5.74) is 1.46. The zero-order valence-corrected chi connectivity index (χ0v) is 17.6. The molecule has 0 atom stereocenters. The largest absolute Gasteiger partial charge is 0.497 e. The van der Waals surface area contributed by atoms with E-state index in [4.69, 9.17) is 9.47 Å². The molecule has 0 saturated carbocycles.